The Kier molecular flexibility index (Phi) is 6.69. The Hall–Kier alpha value is -2.11. The summed E-state index contributed by atoms with van der Waals surface area (Å²) in [6, 6.07) is 6.80. The number of halogens is 1. The highest BCUT2D eigenvalue weighted by Gasteiger charge is 2.26. The molecule has 1 saturated carbocycles. The molecule has 6 heteroatoms. The molecule has 2 amide bonds. The minimum atomic E-state index is -0.236. The number of benzene rings is 1. The van der Waals surface area contributed by atoms with Crippen LogP contribution in [0.2, 0.25) is 0 Å². The molecule has 2 fully saturated rings. The first-order chi connectivity index (χ1) is 13.0. The molecule has 148 valence electrons. The average molecular weight is 375 g/mol. The van der Waals surface area contributed by atoms with Gasteiger partial charge in [0.2, 0.25) is 11.8 Å². The number of anilines is 1. The smallest absolute Gasteiger partial charge is 0.224 e. The molecule has 0 unspecified atom stereocenters. The van der Waals surface area contributed by atoms with E-state index in [0.717, 1.165) is 31.6 Å². The molecule has 1 aromatic rings. The van der Waals surface area contributed by atoms with Gasteiger partial charge in [-0.15, -0.1) is 0 Å². The minimum absolute atomic E-state index is 0.0795. The van der Waals surface area contributed by atoms with Crippen LogP contribution in [0.15, 0.2) is 24.3 Å². The fraction of sp³-hybridized carbons (Fsp3) is 0.619. The zero-order valence-corrected chi connectivity index (χ0v) is 16.2. The SMILES string of the molecule is CC(=O)N(CCC(=O)N1CCN(c2ccc(F)cc2)CC1)C1CCCCC1. The third-order valence-electron chi connectivity index (χ3n) is 5.81. The summed E-state index contributed by atoms with van der Waals surface area (Å²) in [6.07, 6.45) is 6.11. The fourth-order valence-corrected chi connectivity index (χ4v) is 4.23. The van der Waals surface area contributed by atoms with E-state index in [9.17, 15) is 14.0 Å². The molecule has 2 aliphatic rings. The standard InChI is InChI=1S/C21H30FN3O2/c1-17(26)25(20-5-3-2-4-6-20)12-11-21(27)24-15-13-23(14-16-24)19-9-7-18(22)8-10-19/h7-10,20H,2-6,11-16H2,1H3. The predicted molar refractivity (Wildman–Crippen MR) is 104 cm³/mol. The second-order valence-electron chi connectivity index (χ2n) is 7.60. The predicted octanol–water partition coefficient (Wildman–Crippen LogP) is 3.05. The fourth-order valence-electron chi connectivity index (χ4n) is 4.23. The summed E-state index contributed by atoms with van der Waals surface area (Å²) in [7, 11) is 0. The zero-order chi connectivity index (χ0) is 19.2. The Labute approximate surface area is 161 Å². The first-order valence-electron chi connectivity index (χ1n) is 10.1. The van der Waals surface area contributed by atoms with Crippen molar-refractivity contribution in [2.75, 3.05) is 37.6 Å². The summed E-state index contributed by atoms with van der Waals surface area (Å²) in [5.41, 5.74) is 0.989. The van der Waals surface area contributed by atoms with Crippen LogP contribution in [0.3, 0.4) is 0 Å². The topological polar surface area (TPSA) is 43.9 Å². The van der Waals surface area contributed by atoms with Gasteiger partial charge in [0.15, 0.2) is 0 Å². The Morgan fingerprint density at radius 3 is 2.26 bits per heavy atom. The van der Waals surface area contributed by atoms with Gasteiger partial charge in [-0.05, 0) is 37.1 Å². The Balaban J connectivity index is 1.47. The van der Waals surface area contributed by atoms with Crippen LogP contribution in [0.25, 0.3) is 0 Å². The van der Waals surface area contributed by atoms with E-state index in [1.807, 2.05) is 9.80 Å². The highest BCUT2D eigenvalue weighted by atomic mass is 19.1. The summed E-state index contributed by atoms with van der Waals surface area (Å²) in [6.45, 7) is 4.96. The van der Waals surface area contributed by atoms with Crippen molar-refractivity contribution in [2.24, 2.45) is 0 Å². The Bertz CT molecular complexity index is 635. The van der Waals surface area contributed by atoms with E-state index in [-0.39, 0.29) is 17.6 Å². The zero-order valence-electron chi connectivity index (χ0n) is 16.2. The lowest BCUT2D eigenvalue weighted by Crippen LogP contribution is -2.50. The molecule has 1 aliphatic heterocycles. The van der Waals surface area contributed by atoms with Crippen molar-refractivity contribution >= 4 is 17.5 Å². The second-order valence-corrected chi connectivity index (χ2v) is 7.60. The largest absolute Gasteiger partial charge is 0.368 e. The molecule has 0 bridgehead atoms. The van der Waals surface area contributed by atoms with E-state index in [0.29, 0.717) is 32.1 Å². The summed E-state index contributed by atoms with van der Waals surface area (Å²) < 4.78 is 13.1. The van der Waals surface area contributed by atoms with Gasteiger partial charge in [0.25, 0.3) is 0 Å². The van der Waals surface area contributed by atoms with E-state index in [2.05, 4.69) is 4.90 Å². The van der Waals surface area contributed by atoms with Crippen molar-refractivity contribution in [2.45, 2.75) is 51.5 Å². The maximum atomic E-state index is 13.1. The molecule has 0 radical (unpaired) electrons. The van der Waals surface area contributed by atoms with Crippen LogP contribution in [0.1, 0.15) is 45.4 Å². The van der Waals surface area contributed by atoms with Gasteiger partial charge < -0.3 is 14.7 Å². The molecule has 1 aliphatic carbocycles. The molecule has 0 spiro atoms. The monoisotopic (exact) mass is 375 g/mol. The van der Waals surface area contributed by atoms with Crippen molar-refractivity contribution in [1.29, 1.82) is 0 Å². The summed E-state index contributed by atoms with van der Waals surface area (Å²) in [5, 5.41) is 0. The summed E-state index contributed by atoms with van der Waals surface area (Å²) in [4.78, 5) is 30.6. The molecule has 1 aromatic carbocycles. The number of rotatable bonds is 5. The van der Waals surface area contributed by atoms with Gasteiger partial charge >= 0.3 is 0 Å². The first-order valence-corrected chi connectivity index (χ1v) is 10.1. The van der Waals surface area contributed by atoms with Crippen molar-refractivity contribution in [3.05, 3.63) is 30.1 Å². The van der Waals surface area contributed by atoms with Crippen molar-refractivity contribution < 1.29 is 14.0 Å². The van der Waals surface area contributed by atoms with Crippen molar-refractivity contribution in [1.82, 2.24) is 9.80 Å². The van der Waals surface area contributed by atoms with Gasteiger partial charge in [0.05, 0.1) is 0 Å². The summed E-state index contributed by atoms with van der Waals surface area (Å²) >= 11 is 0. The molecule has 1 saturated heterocycles. The number of carbonyl (C=O) groups excluding carboxylic acids is 2. The van der Waals surface area contributed by atoms with Gasteiger partial charge in [0, 0.05) is 57.8 Å². The number of carbonyl (C=O) groups is 2. The number of nitrogens with zero attached hydrogens (tertiary/aromatic N) is 3. The van der Waals surface area contributed by atoms with Gasteiger partial charge in [0.1, 0.15) is 5.82 Å². The maximum absolute atomic E-state index is 13.1. The molecule has 0 aromatic heterocycles. The molecule has 0 atom stereocenters. The maximum Gasteiger partial charge on any atom is 0.224 e. The van der Waals surface area contributed by atoms with E-state index >= 15 is 0 Å². The van der Waals surface area contributed by atoms with Gasteiger partial charge in [-0.2, -0.15) is 0 Å². The van der Waals surface area contributed by atoms with Crippen LogP contribution in [0.5, 0.6) is 0 Å². The van der Waals surface area contributed by atoms with Crippen molar-refractivity contribution in [3.8, 4) is 0 Å². The average Bonchev–Trinajstić information content (AvgIpc) is 2.69. The van der Waals surface area contributed by atoms with Crippen LogP contribution < -0.4 is 4.90 Å². The van der Waals surface area contributed by atoms with E-state index < -0.39 is 0 Å². The Morgan fingerprint density at radius 2 is 1.67 bits per heavy atom. The van der Waals surface area contributed by atoms with Gasteiger partial charge in [-0.3, -0.25) is 9.59 Å². The van der Waals surface area contributed by atoms with Crippen LogP contribution in [0, 0.1) is 5.82 Å². The normalized spacial score (nSPS) is 18.4. The molecule has 0 N–H and O–H groups in total. The molecular weight excluding hydrogens is 345 g/mol. The van der Waals surface area contributed by atoms with Gasteiger partial charge in [-0.1, -0.05) is 19.3 Å². The van der Waals surface area contributed by atoms with E-state index in [4.69, 9.17) is 0 Å². The van der Waals surface area contributed by atoms with E-state index in [1.54, 1.807) is 19.1 Å². The van der Waals surface area contributed by atoms with Crippen LogP contribution in [-0.4, -0.2) is 60.4 Å². The Morgan fingerprint density at radius 1 is 1.04 bits per heavy atom. The van der Waals surface area contributed by atoms with E-state index in [1.165, 1.54) is 31.4 Å². The lowest BCUT2D eigenvalue weighted by molar-refractivity contribution is -0.135. The van der Waals surface area contributed by atoms with Crippen LogP contribution >= 0.6 is 0 Å². The molecule has 1 heterocycles. The lowest BCUT2D eigenvalue weighted by Gasteiger charge is -2.37. The number of piperazine rings is 1. The molecular formula is C21H30FN3O2. The summed E-state index contributed by atoms with van der Waals surface area (Å²) in [5.74, 6) is -0.0350. The van der Waals surface area contributed by atoms with Crippen LogP contribution in [-0.2, 0) is 9.59 Å². The molecule has 3 rings (SSSR count). The quantitative estimate of drug-likeness (QED) is 0.795. The highest BCUT2D eigenvalue weighted by molar-refractivity contribution is 5.78. The highest BCUT2D eigenvalue weighted by Crippen LogP contribution is 2.23. The van der Waals surface area contributed by atoms with Gasteiger partial charge in [-0.25, -0.2) is 4.39 Å². The van der Waals surface area contributed by atoms with Crippen LogP contribution in [0.4, 0.5) is 10.1 Å². The third-order valence-corrected chi connectivity index (χ3v) is 5.81. The second kappa shape index (κ2) is 9.20. The minimum Gasteiger partial charge on any atom is -0.368 e. The third kappa shape index (κ3) is 5.21. The number of hydrogen-bond donors (Lipinski definition) is 0. The molecule has 27 heavy (non-hydrogen) atoms. The first kappa shape index (κ1) is 19.6. The number of amides is 2. The number of hydrogen-bond acceptors (Lipinski definition) is 3. The molecule has 5 nitrogen and oxygen atoms in total. The lowest BCUT2D eigenvalue weighted by atomic mass is 9.94. The van der Waals surface area contributed by atoms with Crippen molar-refractivity contribution in [3.63, 3.8) is 0 Å².